The van der Waals surface area contributed by atoms with Gasteiger partial charge in [0.2, 0.25) is 0 Å². The Balaban J connectivity index is 1.63. The van der Waals surface area contributed by atoms with Crippen LogP contribution in [0.5, 0.6) is 0 Å². The monoisotopic (exact) mass is 360 g/mol. The van der Waals surface area contributed by atoms with Crippen LogP contribution < -0.4 is 10.6 Å². The van der Waals surface area contributed by atoms with Gasteiger partial charge in [0.1, 0.15) is 5.82 Å². The maximum absolute atomic E-state index is 13.2. The number of carbonyl (C=O) groups excluding carboxylic acids is 1. The van der Waals surface area contributed by atoms with Gasteiger partial charge in [0.05, 0.1) is 6.04 Å². The summed E-state index contributed by atoms with van der Waals surface area (Å²) in [6, 6.07) is 13.7. The Morgan fingerprint density at radius 2 is 1.79 bits per heavy atom. The fraction of sp³-hybridized carbons (Fsp3) is 0.167. The maximum atomic E-state index is 13.2. The van der Waals surface area contributed by atoms with Crippen LogP contribution in [0.3, 0.4) is 0 Å². The summed E-state index contributed by atoms with van der Waals surface area (Å²) in [6.45, 7) is 0.576. The molecule has 3 nitrogen and oxygen atoms in total. The van der Waals surface area contributed by atoms with E-state index in [2.05, 4.69) is 16.7 Å². The lowest BCUT2D eigenvalue weighted by atomic mass is 10.1. The highest BCUT2D eigenvalue weighted by atomic mass is 32.1. The van der Waals surface area contributed by atoms with Crippen LogP contribution in [0.4, 0.5) is 9.18 Å². The largest absolute Gasteiger partial charge is 0.338 e. The first kappa shape index (κ1) is 16.7. The molecule has 2 heterocycles. The van der Waals surface area contributed by atoms with Crippen molar-refractivity contribution in [2.45, 2.75) is 12.5 Å². The van der Waals surface area contributed by atoms with E-state index in [9.17, 15) is 9.18 Å². The lowest BCUT2D eigenvalue weighted by Gasteiger charge is -2.18. The Kier molecular flexibility index (Phi) is 5.61. The average Bonchev–Trinajstić information content (AvgIpc) is 3.27. The number of hydrogen-bond donors (Lipinski definition) is 2. The van der Waals surface area contributed by atoms with Crippen molar-refractivity contribution in [3.05, 3.63) is 80.4 Å². The minimum absolute atomic E-state index is 0.228. The number of nitrogens with one attached hydrogen (secondary N) is 2. The molecular formula is C18H17FN2OS2. The number of urea groups is 1. The number of amides is 2. The zero-order valence-electron chi connectivity index (χ0n) is 12.9. The number of halogens is 1. The van der Waals surface area contributed by atoms with Crippen molar-refractivity contribution in [2.75, 3.05) is 6.54 Å². The Morgan fingerprint density at radius 1 is 1.04 bits per heavy atom. The predicted octanol–water partition coefficient (Wildman–Crippen LogP) is 4.58. The lowest BCUT2D eigenvalue weighted by molar-refractivity contribution is 0.239. The van der Waals surface area contributed by atoms with Crippen LogP contribution in [0.1, 0.15) is 21.4 Å². The summed E-state index contributed by atoms with van der Waals surface area (Å²) in [4.78, 5) is 14.5. The third kappa shape index (κ3) is 4.43. The zero-order valence-corrected chi connectivity index (χ0v) is 14.5. The number of thiophene rings is 2. The topological polar surface area (TPSA) is 41.1 Å². The van der Waals surface area contributed by atoms with Gasteiger partial charge in [-0.15, -0.1) is 22.7 Å². The molecule has 1 aromatic carbocycles. The predicted molar refractivity (Wildman–Crippen MR) is 97.1 cm³/mol. The average molecular weight is 360 g/mol. The van der Waals surface area contributed by atoms with Crippen LogP contribution in [0.25, 0.3) is 0 Å². The van der Waals surface area contributed by atoms with Gasteiger partial charge in [0.25, 0.3) is 0 Å². The van der Waals surface area contributed by atoms with E-state index in [0.717, 1.165) is 16.9 Å². The van der Waals surface area contributed by atoms with Gasteiger partial charge in [-0.1, -0.05) is 24.3 Å². The standard InChI is InChI=1S/C18H17FN2OS2/c19-14-7-5-13(6-8-14)17(16-4-2-12-24-16)21-18(22)20-10-9-15-3-1-11-23-15/h1-8,11-12,17H,9-10H2,(H2,20,21,22)/t17-/m0/s1. The molecule has 124 valence electrons. The van der Waals surface area contributed by atoms with Crippen LogP contribution in [-0.4, -0.2) is 12.6 Å². The Labute approximate surface area is 148 Å². The summed E-state index contributed by atoms with van der Waals surface area (Å²) >= 11 is 3.24. The summed E-state index contributed by atoms with van der Waals surface area (Å²) < 4.78 is 13.2. The smallest absolute Gasteiger partial charge is 0.315 e. The Hall–Kier alpha value is -2.18. The zero-order chi connectivity index (χ0) is 16.8. The first-order chi connectivity index (χ1) is 11.7. The lowest BCUT2D eigenvalue weighted by Crippen LogP contribution is -2.39. The quantitative estimate of drug-likeness (QED) is 0.664. The molecule has 0 saturated carbocycles. The summed E-state index contributed by atoms with van der Waals surface area (Å²) in [7, 11) is 0. The highest BCUT2D eigenvalue weighted by Gasteiger charge is 2.17. The molecule has 0 aliphatic heterocycles. The van der Waals surface area contributed by atoms with Gasteiger partial charge in [0, 0.05) is 16.3 Å². The molecule has 0 unspecified atom stereocenters. The first-order valence-corrected chi connectivity index (χ1v) is 9.34. The molecule has 0 bridgehead atoms. The normalized spacial score (nSPS) is 11.9. The van der Waals surface area contributed by atoms with E-state index in [0.29, 0.717) is 6.54 Å². The number of hydrogen-bond acceptors (Lipinski definition) is 3. The third-order valence-corrected chi connectivity index (χ3v) is 5.42. The van der Waals surface area contributed by atoms with E-state index in [1.807, 2.05) is 29.0 Å². The van der Waals surface area contributed by atoms with Crippen molar-refractivity contribution >= 4 is 28.7 Å². The van der Waals surface area contributed by atoms with Gasteiger partial charge in [-0.2, -0.15) is 0 Å². The second kappa shape index (κ2) is 8.08. The molecule has 2 aromatic heterocycles. The number of rotatable bonds is 6. The van der Waals surface area contributed by atoms with E-state index in [1.165, 1.54) is 17.0 Å². The van der Waals surface area contributed by atoms with Gasteiger partial charge in [-0.05, 0) is 47.0 Å². The Morgan fingerprint density at radius 3 is 2.46 bits per heavy atom. The fourth-order valence-electron chi connectivity index (χ4n) is 2.37. The second-order valence-electron chi connectivity index (χ2n) is 5.23. The van der Waals surface area contributed by atoms with Crippen LogP contribution in [-0.2, 0) is 6.42 Å². The molecule has 24 heavy (non-hydrogen) atoms. The van der Waals surface area contributed by atoms with Crippen LogP contribution in [0.15, 0.2) is 59.3 Å². The molecule has 1 atom stereocenters. The van der Waals surface area contributed by atoms with Crippen molar-refractivity contribution in [1.29, 1.82) is 0 Å². The van der Waals surface area contributed by atoms with Crippen molar-refractivity contribution in [1.82, 2.24) is 10.6 Å². The molecule has 0 radical (unpaired) electrons. The van der Waals surface area contributed by atoms with Crippen LogP contribution >= 0.6 is 22.7 Å². The summed E-state index contributed by atoms with van der Waals surface area (Å²) in [6.07, 6.45) is 0.811. The first-order valence-electron chi connectivity index (χ1n) is 7.58. The molecule has 6 heteroatoms. The van der Waals surface area contributed by atoms with Gasteiger partial charge in [-0.3, -0.25) is 0 Å². The summed E-state index contributed by atoms with van der Waals surface area (Å²) in [5.74, 6) is -0.288. The molecule has 0 aliphatic rings. The van der Waals surface area contributed by atoms with Crippen molar-refractivity contribution in [3.63, 3.8) is 0 Å². The number of carbonyl (C=O) groups is 1. The molecular weight excluding hydrogens is 343 g/mol. The van der Waals surface area contributed by atoms with Gasteiger partial charge in [-0.25, -0.2) is 9.18 Å². The molecule has 0 fully saturated rings. The second-order valence-corrected chi connectivity index (χ2v) is 7.24. The molecule has 0 spiro atoms. The van der Waals surface area contributed by atoms with Crippen LogP contribution in [0, 0.1) is 5.82 Å². The van der Waals surface area contributed by atoms with E-state index < -0.39 is 0 Å². The maximum Gasteiger partial charge on any atom is 0.315 e. The van der Waals surface area contributed by atoms with E-state index in [-0.39, 0.29) is 17.9 Å². The molecule has 0 saturated heterocycles. The minimum Gasteiger partial charge on any atom is -0.338 e. The van der Waals surface area contributed by atoms with Gasteiger partial charge >= 0.3 is 6.03 Å². The van der Waals surface area contributed by atoms with E-state index in [4.69, 9.17) is 0 Å². The molecule has 2 N–H and O–H groups in total. The fourth-order valence-corrected chi connectivity index (χ4v) is 3.88. The number of benzene rings is 1. The summed E-state index contributed by atoms with van der Waals surface area (Å²) in [5, 5.41) is 9.84. The van der Waals surface area contributed by atoms with E-state index >= 15 is 0 Å². The van der Waals surface area contributed by atoms with Crippen molar-refractivity contribution in [3.8, 4) is 0 Å². The third-order valence-electron chi connectivity index (χ3n) is 3.54. The van der Waals surface area contributed by atoms with Crippen molar-refractivity contribution in [2.24, 2.45) is 0 Å². The molecule has 3 aromatic rings. The van der Waals surface area contributed by atoms with Crippen molar-refractivity contribution < 1.29 is 9.18 Å². The Bertz CT molecular complexity index is 755. The van der Waals surface area contributed by atoms with Gasteiger partial charge < -0.3 is 10.6 Å². The molecule has 0 aliphatic carbocycles. The summed E-state index contributed by atoms with van der Waals surface area (Å²) in [5.41, 5.74) is 0.854. The minimum atomic E-state index is -0.288. The van der Waals surface area contributed by atoms with Crippen LogP contribution in [0.2, 0.25) is 0 Å². The van der Waals surface area contributed by atoms with Gasteiger partial charge in [0.15, 0.2) is 0 Å². The molecule has 2 amide bonds. The highest BCUT2D eigenvalue weighted by molar-refractivity contribution is 7.10. The highest BCUT2D eigenvalue weighted by Crippen LogP contribution is 2.26. The van der Waals surface area contributed by atoms with E-state index in [1.54, 1.807) is 34.8 Å². The molecule has 3 rings (SSSR count). The SMILES string of the molecule is O=C(NCCc1cccs1)N[C@@H](c1ccc(F)cc1)c1cccs1.